The fourth-order valence-electron chi connectivity index (χ4n) is 15.8. The Labute approximate surface area is 540 Å². The first-order chi connectivity index (χ1) is 43.4. The zero-order valence-corrected chi connectivity index (χ0v) is 56.5. The molecule has 3 aromatic carbocycles. The van der Waals surface area contributed by atoms with Gasteiger partial charge in [0.2, 0.25) is 5.91 Å². The summed E-state index contributed by atoms with van der Waals surface area (Å²) in [5.41, 5.74) is 5.53. The van der Waals surface area contributed by atoms with Gasteiger partial charge in [0.05, 0.1) is 40.4 Å². The summed E-state index contributed by atoms with van der Waals surface area (Å²) < 4.78 is 58.6. The van der Waals surface area contributed by atoms with Gasteiger partial charge >= 0.3 is 18.1 Å². The van der Waals surface area contributed by atoms with E-state index in [-0.39, 0.29) is 83.9 Å². The number of hydrogen-bond acceptors (Lipinski definition) is 13. The fraction of sp³-hybridized carbons (Fsp3) is 0.586. The second-order valence-corrected chi connectivity index (χ2v) is 34.4. The molecule has 5 aliphatic heterocycles. The molecule has 17 nitrogen and oxygen atoms in total. The second-order valence-electron chi connectivity index (χ2n) is 28.4. The third-order valence-electron chi connectivity index (χ3n) is 20.8. The third kappa shape index (κ3) is 13.9. The lowest BCUT2D eigenvalue weighted by Crippen LogP contribution is -2.57. The number of urea groups is 1. The molecule has 1 saturated carbocycles. The highest BCUT2D eigenvalue weighted by atomic mass is 35.5. The summed E-state index contributed by atoms with van der Waals surface area (Å²) in [7, 11) is -0.831. The molecule has 11 rings (SSSR count). The van der Waals surface area contributed by atoms with Gasteiger partial charge in [0.1, 0.15) is 42.3 Å². The summed E-state index contributed by atoms with van der Waals surface area (Å²) in [4.78, 5) is 76.5. The molecule has 5 saturated heterocycles. The molecule has 488 valence electrons. The molecule has 21 heteroatoms. The number of methoxy groups -OCH3 is 1. The topological polar surface area (TPSA) is 172 Å². The number of piperazine rings is 1. The summed E-state index contributed by atoms with van der Waals surface area (Å²) in [6, 6.07) is 10.8. The van der Waals surface area contributed by atoms with Gasteiger partial charge in [-0.1, -0.05) is 65.1 Å². The fourth-order valence-corrected chi connectivity index (χ4v) is 21.2. The van der Waals surface area contributed by atoms with Gasteiger partial charge in [0, 0.05) is 69.0 Å². The predicted molar refractivity (Wildman–Crippen MR) is 353 cm³/mol. The Kier molecular flexibility index (Phi) is 19.6. The Bertz CT molecular complexity index is 3590. The number of nitrogens with zero attached hydrogens (tertiary/aromatic N) is 8. The number of ether oxygens (including phenoxy) is 4. The molecule has 5 aromatic rings. The number of likely N-dealkylation sites (tertiary alicyclic amines) is 2. The molecular weight excluding hydrogens is 1200 g/mol. The number of halogens is 3. The first kappa shape index (κ1) is 65.8. The first-order valence-corrected chi connectivity index (χ1v) is 35.6. The van der Waals surface area contributed by atoms with Crippen molar-refractivity contribution >= 4 is 76.8 Å². The van der Waals surface area contributed by atoms with Crippen LogP contribution in [0.25, 0.3) is 32.9 Å². The largest absolute Gasteiger partial charge is 0.468 e. The van der Waals surface area contributed by atoms with E-state index in [1.807, 2.05) is 30.6 Å². The quantitative estimate of drug-likeness (QED) is 0.0562. The van der Waals surface area contributed by atoms with Crippen LogP contribution in [0.5, 0.6) is 11.8 Å². The van der Waals surface area contributed by atoms with Gasteiger partial charge < -0.3 is 33.6 Å². The number of pyridine rings is 1. The lowest BCUT2D eigenvalue weighted by atomic mass is 9.65. The molecule has 0 radical (unpaired) electrons. The molecular formula is C70H90ClF2N9O8Si. The number of imide groups is 1. The average molecular weight is 1290 g/mol. The SMILES string of the molecule is COCOc1cc(-c2ncc3c(N4CC5CCC(C4)N5C(=O)OC(C)(C)C)nc(OCC4CCN(CCC5CCC6(CC5)CCN(C(=O)c5ccc(Cl)c(N7CCC(=O)NC7=O)c5)CC6)CC4)nc3c2F)c2c(C#C[Si](C(C)C)(C(C)C)C(C)C)c(F)ccc2c1. The van der Waals surface area contributed by atoms with E-state index < -0.39 is 31.3 Å². The molecule has 91 heavy (non-hydrogen) atoms. The zero-order chi connectivity index (χ0) is 64.7. The van der Waals surface area contributed by atoms with E-state index in [1.165, 1.54) is 30.9 Å². The van der Waals surface area contributed by atoms with E-state index in [0.29, 0.717) is 105 Å². The number of carbonyl (C=O) groups excluding carboxylic acids is 4. The van der Waals surface area contributed by atoms with E-state index in [1.54, 1.807) is 42.6 Å². The molecule has 2 unspecified atom stereocenters. The summed E-state index contributed by atoms with van der Waals surface area (Å²) in [5, 5.41) is 4.10. The van der Waals surface area contributed by atoms with E-state index in [0.717, 1.165) is 77.4 Å². The van der Waals surface area contributed by atoms with Crippen molar-refractivity contribution in [3.8, 4) is 34.5 Å². The van der Waals surface area contributed by atoms with Crippen LogP contribution in [0.15, 0.2) is 48.7 Å². The van der Waals surface area contributed by atoms with Gasteiger partial charge in [-0.25, -0.2) is 18.4 Å². The molecule has 1 aliphatic carbocycles. The van der Waals surface area contributed by atoms with Gasteiger partial charge in [0.15, 0.2) is 12.6 Å². The standard InChI is InChI=1S/C70H90ClF2N9O8Si/c1-43(2)91(44(3)4,45(5)6)34-23-53-57(72)16-12-48-35-52(89-42-87-10)37-54(60(48)53)62-61(73)63-55(38-74-62)64(80-39-50-13-14-51(40-80)82(50)68(86)90-69(7,8)9)77-66(76-63)88-41-47-20-29-78(30-21-47)28-19-46-17-24-70(25-18-46)26-32-79(33-27-70)65(84)49-11-15-56(71)58(36-49)81-31-22-59(83)75-67(81)85/h11-12,15-16,35-38,43-47,50-51H,13-14,17-22,24-33,39-42H2,1-10H3,(H,75,83,85). The predicted octanol–water partition coefficient (Wildman–Crippen LogP) is 14.0. The maximum absolute atomic E-state index is 18.2. The number of nitrogens with one attached hydrogen (secondary N) is 1. The summed E-state index contributed by atoms with van der Waals surface area (Å²) in [5.74, 6) is 3.48. The van der Waals surface area contributed by atoms with Gasteiger partial charge in [0.25, 0.3) is 5.91 Å². The molecule has 1 spiro atoms. The van der Waals surface area contributed by atoms with Crippen molar-refractivity contribution in [3.63, 3.8) is 0 Å². The lowest BCUT2D eigenvalue weighted by Gasteiger charge is -2.46. The molecule has 2 bridgehead atoms. The van der Waals surface area contributed by atoms with Gasteiger partial charge in [-0.2, -0.15) is 9.97 Å². The summed E-state index contributed by atoms with van der Waals surface area (Å²) in [6.45, 7) is 24.6. The lowest BCUT2D eigenvalue weighted by molar-refractivity contribution is -0.120. The molecule has 6 fully saturated rings. The van der Waals surface area contributed by atoms with Crippen LogP contribution in [0, 0.1) is 40.3 Å². The number of benzene rings is 3. The highest BCUT2D eigenvalue weighted by molar-refractivity contribution is 6.90. The number of carbonyl (C=O) groups is 4. The minimum Gasteiger partial charge on any atom is -0.468 e. The van der Waals surface area contributed by atoms with Crippen molar-refractivity contribution in [2.75, 3.05) is 82.7 Å². The normalized spacial score (nSPS) is 20.3. The van der Waals surface area contributed by atoms with Crippen molar-refractivity contribution in [2.45, 2.75) is 174 Å². The Morgan fingerprint density at radius 2 is 1.53 bits per heavy atom. The molecule has 2 aromatic heterocycles. The number of hydrogen-bond donors (Lipinski definition) is 1. The molecule has 1 N–H and O–H groups in total. The minimum absolute atomic E-state index is 0.0124. The van der Waals surface area contributed by atoms with Crippen molar-refractivity contribution in [1.29, 1.82) is 0 Å². The third-order valence-corrected chi connectivity index (χ3v) is 27.4. The van der Waals surface area contributed by atoms with Crippen LogP contribution in [-0.4, -0.2) is 152 Å². The average Bonchev–Trinajstić information content (AvgIpc) is 1.53. The van der Waals surface area contributed by atoms with E-state index in [2.05, 4.69) is 68.1 Å². The Balaban J connectivity index is 0.781. The molecule has 7 heterocycles. The van der Waals surface area contributed by atoms with Crippen LogP contribution in [-0.2, 0) is 14.3 Å². The minimum atomic E-state index is -2.35. The van der Waals surface area contributed by atoms with Crippen molar-refractivity contribution in [2.24, 2.45) is 17.3 Å². The van der Waals surface area contributed by atoms with Crippen LogP contribution in [0.3, 0.4) is 0 Å². The van der Waals surface area contributed by atoms with Crippen LogP contribution < -0.4 is 24.6 Å². The van der Waals surface area contributed by atoms with Crippen molar-refractivity contribution in [1.82, 2.24) is 35.0 Å². The van der Waals surface area contributed by atoms with E-state index in [9.17, 15) is 19.2 Å². The number of aromatic nitrogens is 3. The highest BCUT2D eigenvalue weighted by Gasteiger charge is 2.46. The number of fused-ring (bicyclic) bond motifs is 4. The van der Waals surface area contributed by atoms with E-state index >= 15 is 8.78 Å². The number of piperidine rings is 2. The Morgan fingerprint density at radius 3 is 2.18 bits per heavy atom. The van der Waals surface area contributed by atoms with Gasteiger partial charge in [-0.3, -0.25) is 29.7 Å². The smallest absolute Gasteiger partial charge is 0.410 e. The Morgan fingerprint density at radius 1 is 0.835 bits per heavy atom. The molecule has 5 amide bonds. The van der Waals surface area contributed by atoms with E-state index in [4.69, 9.17) is 45.5 Å². The second kappa shape index (κ2) is 27.1. The zero-order valence-electron chi connectivity index (χ0n) is 54.7. The van der Waals surface area contributed by atoms with Crippen LogP contribution >= 0.6 is 11.6 Å². The monoisotopic (exact) mass is 1290 g/mol. The maximum Gasteiger partial charge on any atom is 0.410 e. The van der Waals surface area contributed by atoms with Crippen LogP contribution in [0.1, 0.15) is 155 Å². The van der Waals surface area contributed by atoms with Crippen LogP contribution in [0.2, 0.25) is 21.6 Å². The highest BCUT2D eigenvalue weighted by Crippen LogP contribution is 2.48. The van der Waals surface area contributed by atoms with Gasteiger partial charge in [-0.05, 0) is 187 Å². The number of amides is 5. The van der Waals surface area contributed by atoms with Crippen molar-refractivity contribution in [3.05, 3.63) is 76.4 Å². The van der Waals surface area contributed by atoms with Crippen molar-refractivity contribution < 1.29 is 46.9 Å². The van der Waals surface area contributed by atoms with Crippen LogP contribution in [0.4, 0.5) is 29.9 Å². The Hall–Kier alpha value is -6.66. The summed E-state index contributed by atoms with van der Waals surface area (Å²) >= 11 is 6.49. The number of anilines is 2. The molecule has 2 atom stereocenters. The van der Waals surface area contributed by atoms with Gasteiger partial charge in [-0.15, -0.1) is 5.54 Å². The first-order valence-electron chi connectivity index (χ1n) is 33.0. The molecule has 6 aliphatic rings. The summed E-state index contributed by atoms with van der Waals surface area (Å²) in [6.07, 6.45) is 12.6. The maximum atomic E-state index is 18.2. The number of rotatable bonds is 16.